The van der Waals surface area contributed by atoms with Gasteiger partial charge in [-0.1, -0.05) is 13.8 Å². The number of benzene rings is 1. The van der Waals surface area contributed by atoms with Crippen LogP contribution >= 0.6 is 0 Å². The second kappa shape index (κ2) is 4.53. The highest BCUT2D eigenvalue weighted by Crippen LogP contribution is 2.33. The molecular weight excluding hydrogens is 215 g/mol. The van der Waals surface area contributed by atoms with Gasteiger partial charge in [0.15, 0.2) is 0 Å². The standard InChI is InChI=1S/C14H15FN2/c1-9(2)12-7-11(15)8-13(14(12)16)10-3-5-17-6-4-10/h3-9H,16H2,1-2H3. The average molecular weight is 230 g/mol. The molecule has 2 nitrogen and oxygen atoms in total. The Morgan fingerprint density at radius 3 is 2.41 bits per heavy atom. The largest absolute Gasteiger partial charge is 0.398 e. The molecule has 0 amide bonds. The second-order valence-corrected chi connectivity index (χ2v) is 4.35. The Bertz CT molecular complexity index is 521. The Morgan fingerprint density at radius 1 is 1.18 bits per heavy atom. The van der Waals surface area contributed by atoms with Crippen LogP contribution in [0.4, 0.5) is 10.1 Å². The second-order valence-electron chi connectivity index (χ2n) is 4.35. The molecule has 0 aliphatic rings. The highest BCUT2D eigenvalue weighted by molar-refractivity contribution is 5.78. The Morgan fingerprint density at radius 2 is 1.82 bits per heavy atom. The molecule has 1 heterocycles. The van der Waals surface area contributed by atoms with Crippen molar-refractivity contribution < 1.29 is 4.39 Å². The Kier molecular flexibility index (Phi) is 3.09. The lowest BCUT2D eigenvalue weighted by molar-refractivity contribution is 0.624. The van der Waals surface area contributed by atoms with Crippen LogP contribution in [0.3, 0.4) is 0 Å². The first-order chi connectivity index (χ1) is 8.09. The van der Waals surface area contributed by atoms with Gasteiger partial charge in [0.2, 0.25) is 0 Å². The SMILES string of the molecule is CC(C)c1cc(F)cc(-c2ccncc2)c1N. The van der Waals surface area contributed by atoms with Crippen molar-refractivity contribution >= 4 is 5.69 Å². The number of pyridine rings is 1. The van der Waals surface area contributed by atoms with Crippen molar-refractivity contribution in [3.63, 3.8) is 0 Å². The van der Waals surface area contributed by atoms with E-state index in [2.05, 4.69) is 4.98 Å². The maximum absolute atomic E-state index is 13.6. The first-order valence-electron chi connectivity index (χ1n) is 5.59. The maximum Gasteiger partial charge on any atom is 0.124 e. The van der Waals surface area contributed by atoms with E-state index in [-0.39, 0.29) is 11.7 Å². The van der Waals surface area contributed by atoms with E-state index in [1.165, 1.54) is 12.1 Å². The molecule has 0 fully saturated rings. The molecule has 0 bridgehead atoms. The van der Waals surface area contributed by atoms with Gasteiger partial charge in [-0.2, -0.15) is 0 Å². The fraction of sp³-hybridized carbons (Fsp3) is 0.214. The number of anilines is 1. The summed E-state index contributed by atoms with van der Waals surface area (Å²) in [6, 6.07) is 6.63. The van der Waals surface area contributed by atoms with E-state index < -0.39 is 0 Å². The van der Waals surface area contributed by atoms with Crippen molar-refractivity contribution in [3.05, 3.63) is 48.0 Å². The number of nitrogens with zero attached hydrogens (tertiary/aromatic N) is 1. The molecule has 1 aromatic carbocycles. The minimum absolute atomic E-state index is 0.200. The monoisotopic (exact) mass is 230 g/mol. The van der Waals surface area contributed by atoms with Crippen molar-refractivity contribution in [1.82, 2.24) is 4.98 Å². The lowest BCUT2D eigenvalue weighted by atomic mass is 9.95. The molecule has 0 aliphatic heterocycles. The molecule has 0 atom stereocenters. The van der Waals surface area contributed by atoms with E-state index in [9.17, 15) is 4.39 Å². The molecule has 0 aliphatic carbocycles. The summed E-state index contributed by atoms with van der Waals surface area (Å²) in [5.74, 6) is -0.0546. The van der Waals surface area contributed by atoms with E-state index >= 15 is 0 Å². The number of rotatable bonds is 2. The number of hydrogen-bond donors (Lipinski definition) is 1. The van der Waals surface area contributed by atoms with Gasteiger partial charge in [0, 0.05) is 23.6 Å². The quantitative estimate of drug-likeness (QED) is 0.801. The zero-order valence-corrected chi connectivity index (χ0v) is 9.94. The van der Waals surface area contributed by atoms with E-state index in [0.717, 1.165) is 16.7 Å². The number of hydrogen-bond acceptors (Lipinski definition) is 2. The highest BCUT2D eigenvalue weighted by atomic mass is 19.1. The summed E-state index contributed by atoms with van der Waals surface area (Å²) in [5.41, 5.74) is 9.21. The molecule has 88 valence electrons. The molecule has 0 saturated heterocycles. The summed E-state index contributed by atoms with van der Waals surface area (Å²) in [6.45, 7) is 4.00. The fourth-order valence-electron chi connectivity index (χ4n) is 1.89. The summed E-state index contributed by atoms with van der Waals surface area (Å²) in [6.07, 6.45) is 3.35. The van der Waals surface area contributed by atoms with Gasteiger partial charge in [0.05, 0.1) is 0 Å². The third kappa shape index (κ3) is 2.28. The van der Waals surface area contributed by atoms with Gasteiger partial charge in [-0.15, -0.1) is 0 Å². The van der Waals surface area contributed by atoms with Crippen LogP contribution < -0.4 is 5.73 Å². The topological polar surface area (TPSA) is 38.9 Å². The highest BCUT2D eigenvalue weighted by Gasteiger charge is 2.12. The molecule has 0 spiro atoms. The third-order valence-corrected chi connectivity index (χ3v) is 2.79. The minimum Gasteiger partial charge on any atom is -0.398 e. The van der Waals surface area contributed by atoms with Crippen molar-refractivity contribution in [2.45, 2.75) is 19.8 Å². The summed E-state index contributed by atoms with van der Waals surface area (Å²) < 4.78 is 13.6. The molecule has 2 rings (SSSR count). The van der Waals surface area contributed by atoms with Gasteiger partial charge >= 0.3 is 0 Å². The van der Waals surface area contributed by atoms with Crippen molar-refractivity contribution in [2.24, 2.45) is 0 Å². The molecule has 3 heteroatoms. The van der Waals surface area contributed by atoms with Crippen LogP contribution in [0.5, 0.6) is 0 Å². The molecule has 1 aromatic heterocycles. The van der Waals surface area contributed by atoms with Gasteiger partial charge in [-0.25, -0.2) is 4.39 Å². The number of aromatic nitrogens is 1. The predicted octanol–water partition coefficient (Wildman–Crippen LogP) is 3.59. The van der Waals surface area contributed by atoms with Gasteiger partial charge in [-0.3, -0.25) is 4.98 Å². The van der Waals surface area contributed by atoms with Crippen molar-refractivity contribution in [3.8, 4) is 11.1 Å². The zero-order chi connectivity index (χ0) is 12.4. The lowest BCUT2D eigenvalue weighted by Gasteiger charge is -2.14. The fourth-order valence-corrected chi connectivity index (χ4v) is 1.89. The summed E-state index contributed by atoms with van der Waals surface area (Å²) in [5, 5.41) is 0. The van der Waals surface area contributed by atoms with Crippen molar-refractivity contribution in [2.75, 3.05) is 5.73 Å². The van der Waals surface area contributed by atoms with E-state index in [1.54, 1.807) is 12.4 Å². The smallest absolute Gasteiger partial charge is 0.124 e. The van der Waals surface area contributed by atoms with Crippen LogP contribution in [0.1, 0.15) is 25.3 Å². The van der Waals surface area contributed by atoms with Crippen LogP contribution in [-0.4, -0.2) is 4.98 Å². The van der Waals surface area contributed by atoms with Crippen LogP contribution in [0, 0.1) is 5.82 Å². The van der Waals surface area contributed by atoms with Gasteiger partial charge in [-0.05, 0) is 41.3 Å². The van der Waals surface area contributed by atoms with Crippen LogP contribution in [0.2, 0.25) is 0 Å². The number of nitrogen functional groups attached to an aromatic ring is 1. The summed E-state index contributed by atoms with van der Waals surface area (Å²) in [4.78, 5) is 3.95. The molecular formula is C14H15FN2. The average Bonchev–Trinajstić information content (AvgIpc) is 2.32. The lowest BCUT2D eigenvalue weighted by Crippen LogP contribution is -2.00. The van der Waals surface area contributed by atoms with E-state index in [4.69, 9.17) is 5.73 Å². The third-order valence-electron chi connectivity index (χ3n) is 2.79. The predicted molar refractivity (Wildman–Crippen MR) is 68.1 cm³/mol. The molecule has 0 saturated carbocycles. The molecule has 0 unspecified atom stereocenters. The number of halogens is 1. The maximum atomic E-state index is 13.6. The van der Waals surface area contributed by atoms with Crippen LogP contribution in [0.15, 0.2) is 36.7 Å². The Hall–Kier alpha value is -1.90. The van der Waals surface area contributed by atoms with Gasteiger partial charge in [0.1, 0.15) is 5.82 Å². The first kappa shape index (κ1) is 11.6. The minimum atomic E-state index is -0.255. The normalized spacial score (nSPS) is 10.8. The van der Waals surface area contributed by atoms with E-state index in [0.29, 0.717) is 5.69 Å². The molecule has 0 radical (unpaired) electrons. The van der Waals surface area contributed by atoms with Gasteiger partial charge < -0.3 is 5.73 Å². The Labute approximate surface area is 100 Å². The van der Waals surface area contributed by atoms with E-state index in [1.807, 2.05) is 26.0 Å². The van der Waals surface area contributed by atoms with Crippen LogP contribution in [0.25, 0.3) is 11.1 Å². The van der Waals surface area contributed by atoms with Crippen LogP contribution in [-0.2, 0) is 0 Å². The molecule has 2 aromatic rings. The van der Waals surface area contributed by atoms with Gasteiger partial charge in [0.25, 0.3) is 0 Å². The molecule has 2 N–H and O–H groups in total. The summed E-state index contributed by atoms with van der Waals surface area (Å²) in [7, 11) is 0. The number of nitrogens with two attached hydrogens (primary N) is 1. The first-order valence-corrected chi connectivity index (χ1v) is 5.59. The summed E-state index contributed by atoms with van der Waals surface area (Å²) >= 11 is 0. The molecule has 17 heavy (non-hydrogen) atoms. The Balaban J connectivity index is 2.63. The zero-order valence-electron chi connectivity index (χ0n) is 9.94. The van der Waals surface area contributed by atoms with Crippen molar-refractivity contribution in [1.29, 1.82) is 0 Å².